The maximum Gasteiger partial charge on any atom is 0.332 e. The molecule has 4 rings (SSSR count). The van der Waals surface area contributed by atoms with Crippen molar-refractivity contribution in [2.75, 3.05) is 26.8 Å². The molecule has 146 valence electrons. The molecule has 3 heterocycles. The first kappa shape index (κ1) is 18.2. The lowest BCUT2D eigenvalue weighted by Gasteiger charge is -2.27. The first-order valence-electron chi connectivity index (χ1n) is 9.32. The smallest absolute Gasteiger partial charge is 0.332 e. The minimum Gasteiger partial charge on any atom is -0.383 e. The van der Waals surface area contributed by atoms with E-state index in [4.69, 9.17) is 4.74 Å². The van der Waals surface area contributed by atoms with Gasteiger partial charge < -0.3 is 15.0 Å². The second kappa shape index (κ2) is 7.12. The van der Waals surface area contributed by atoms with Gasteiger partial charge in [0.2, 0.25) is 0 Å². The highest BCUT2D eigenvalue weighted by Gasteiger charge is 2.28. The summed E-state index contributed by atoms with van der Waals surface area (Å²) in [6.45, 7) is 4.46. The summed E-state index contributed by atoms with van der Waals surface area (Å²) in [5.41, 5.74) is 0.430. The van der Waals surface area contributed by atoms with E-state index in [9.17, 15) is 14.4 Å². The molecule has 2 aromatic rings. The van der Waals surface area contributed by atoms with Crippen LogP contribution in [0, 0.1) is 6.92 Å². The highest BCUT2D eigenvalue weighted by Crippen LogP contribution is 2.32. The van der Waals surface area contributed by atoms with E-state index in [2.05, 4.69) is 5.32 Å². The number of rotatable bonds is 6. The number of urea groups is 1. The Morgan fingerprint density at radius 3 is 2.63 bits per heavy atom. The van der Waals surface area contributed by atoms with E-state index in [0.717, 1.165) is 29.7 Å². The molecule has 0 unspecified atom stereocenters. The number of carbonyl (C=O) groups excluding carboxylic acids is 1. The third kappa shape index (κ3) is 2.98. The second-order valence-electron chi connectivity index (χ2n) is 7.17. The van der Waals surface area contributed by atoms with Gasteiger partial charge in [0.05, 0.1) is 25.1 Å². The van der Waals surface area contributed by atoms with E-state index in [-0.39, 0.29) is 23.3 Å². The van der Waals surface area contributed by atoms with E-state index >= 15 is 0 Å². The quantitative estimate of drug-likeness (QED) is 0.806. The number of amides is 2. The zero-order valence-electron chi connectivity index (χ0n) is 15.6. The van der Waals surface area contributed by atoms with Crippen molar-refractivity contribution in [1.29, 1.82) is 0 Å². The molecule has 1 aliphatic carbocycles. The lowest BCUT2D eigenvalue weighted by Crippen LogP contribution is -2.44. The Labute approximate surface area is 160 Å². The van der Waals surface area contributed by atoms with Gasteiger partial charge in [-0.3, -0.25) is 13.9 Å². The Balaban J connectivity index is 1.87. The van der Waals surface area contributed by atoms with Gasteiger partial charge in [0.1, 0.15) is 4.83 Å². The summed E-state index contributed by atoms with van der Waals surface area (Å²) in [4.78, 5) is 41.5. The van der Waals surface area contributed by atoms with E-state index in [1.165, 1.54) is 15.9 Å². The number of aromatic nitrogens is 2. The normalized spacial score (nSPS) is 17.6. The Morgan fingerprint density at radius 2 is 2.04 bits per heavy atom. The summed E-state index contributed by atoms with van der Waals surface area (Å²) in [7, 11) is 1.60. The molecule has 0 radical (unpaired) electrons. The van der Waals surface area contributed by atoms with Gasteiger partial charge in [-0.05, 0) is 31.7 Å². The first-order valence-corrected chi connectivity index (χ1v) is 10.1. The Bertz CT molecular complexity index is 1000. The van der Waals surface area contributed by atoms with Crippen LogP contribution in [0.3, 0.4) is 0 Å². The van der Waals surface area contributed by atoms with Crippen LogP contribution in [0.5, 0.6) is 0 Å². The van der Waals surface area contributed by atoms with Crippen LogP contribution in [0.1, 0.15) is 35.7 Å². The zero-order chi connectivity index (χ0) is 19.1. The minimum absolute atomic E-state index is 0.00435. The number of ether oxygens (including phenoxy) is 1. The van der Waals surface area contributed by atoms with Gasteiger partial charge in [0.15, 0.2) is 0 Å². The number of carbonyl (C=O) groups is 1. The molecule has 2 aromatic heterocycles. The molecule has 1 N–H and O–H groups in total. The summed E-state index contributed by atoms with van der Waals surface area (Å²) in [6, 6.07) is -0.0918. The van der Waals surface area contributed by atoms with E-state index in [1.54, 1.807) is 16.6 Å². The fraction of sp³-hybridized carbons (Fsp3) is 0.611. The monoisotopic (exact) mass is 392 g/mol. The summed E-state index contributed by atoms with van der Waals surface area (Å²) >= 11 is 1.44. The van der Waals surface area contributed by atoms with Gasteiger partial charge in [0.25, 0.3) is 5.56 Å². The molecule has 0 bridgehead atoms. The average Bonchev–Trinajstić information content (AvgIpc) is 3.14. The SMILES string of the molecule is COCCn1c(=O)n(C2CCC2)c(=O)c2c(C)c(CN3CCNC3=O)sc21. The third-order valence-corrected chi connectivity index (χ3v) is 6.88. The standard InChI is InChI=1S/C18H24N4O4S/c1-11-13(10-20-7-6-19-17(20)24)27-16-14(11)15(23)22(12-4-3-5-12)18(25)21(16)8-9-26-2/h12H,3-10H2,1-2H3,(H,19,24). The van der Waals surface area contributed by atoms with Gasteiger partial charge in [-0.1, -0.05) is 0 Å². The molecule has 27 heavy (non-hydrogen) atoms. The highest BCUT2D eigenvalue weighted by molar-refractivity contribution is 7.18. The molecule has 2 fully saturated rings. The number of hydrogen-bond acceptors (Lipinski definition) is 5. The van der Waals surface area contributed by atoms with Crippen molar-refractivity contribution in [2.24, 2.45) is 0 Å². The highest BCUT2D eigenvalue weighted by atomic mass is 32.1. The number of nitrogens with one attached hydrogen (secondary N) is 1. The van der Waals surface area contributed by atoms with Crippen LogP contribution in [0.25, 0.3) is 10.2 Å². The predicted octanol–water partition coefficient (Wildman–Crippen LogP) is 1.43. The fourth-order valence-electron chi connectivity index (χ4n) is 3.74. The molecule has 0 atom stereocenters. The number of fused-ring (bicyclic) bond motifs is 1. The van der Waals surface area contributed by atoms with Crippen molar-refractivity contribution in [1.82, 2.24) is 19.4 Å². The molecule has 8 nitrogen and oxygen atoms in total. The van der Waals surface area contributed by atoms with Crippen LogP contribution in [0.2, 0.25) is 0 Å². The number of hydrogen-bond donors (Lipinski definition) is 1. The summed E-state index contributed by atoms with van der Waals surface area (Å²) in [5.74, 6) is 0. The topological polar surface area (TPSA) is 85.6 Å². The maximum absolute atomic E-state index is 13.2. The Morgan fingerprint density at radius 1 is 1.26 bits per heavy atom. The number of methoxy groups -OCH3 is 1. The van der Waals surface area contributed by atoms with Gasteiger partial charge in [0, 0.05) is 31.1 Å². The molecule has 9 heteroatoms. The molecule has 0 aromatic carbocycles. The molecular weight excluding hydrogens is 368 g/mol. The number of aryl methyl sites for hydroxylation is 1. The lowest BCUT2D eigenvalue weighted by atomic mass is 9.93. The molecule has 1 aliphatic heterocycles. The summed E-state index contributed by atoms with van der Waals surface area (Å²) < 4.78 is 8.28. The van der Waals surface area contributed by atoms with E-state index in [0.29, 0.717) is 43.0 Å². The lowest BCUT2D eigenvalue weighted by molar-refractivity contribution is 0.185. The minimum atomic E-state index is -0.249. The molecule has 2 amide bonds. The van der Waals surface area contributed by atoms with Crippen LogP contribution < -0.4 is 16.6 Å². The van der Waals surface area contributed by atoms with Crippen molar-refractivity contribution in [3.8, 4) is 0 Å². The third-order valence-electron chi connectivity index (χ3n) is 5.58. The molecule has 1 saturated heterocycles. The van der Waals surface area contributed by atoms with Crippen molar-refractivity contribution in [2.45, 2.75) is 45.3 Å². The predicted molar refractivity (Wildman–Crippen MR) is 104 cm³/mol. The number of thiophene rings is 1. The first-order chi connectivity index (χ1) is 13.0. The van der Waals surface area contributed by atoms with Crippen LogP contribution in [0.15, 0.2) is 9.59 Å². The average molecular weight is 392 g/mol. The van der Waals surface area contributed by atoms with Gasteiger partial charge in [-0.2, -0.15) is 0 Å². The second-order valence-corrected chi connectivity index (χ2v) is 8.25. The molecule has 2 aliphatic rings. The van der Waals surface area contributed by atoms with Crippen LogP contribution in [-0.4, -0.2) is 46.9 Å². The van der Waals surface area contributed by atoms with Gasteiger partial charge in [-0.25, -0.2) is 9.59 Å². The van der Waals surface area contributed by atoms with Crippen LogP contribution in [0.4, 0.5) is 4.79 Å². The zero-order valence-corrected chi connectivity index (χ0v) is 16.4. The van der Waals surface area contributed by atoms with Crippen molar-refractivity contribution in [3.05, 3.63) is 31.3 Å². The van der Waals surface area contributed by atoms with Gasteiger partial charge >= 0.3 is 11.7 Å². The largest absolute Gasteiger partial charge is 0.383 e. The van der Waals surface area contributed by atoms with Crippen molar-refractivity contribution in [3.63, 3.8) is 0 Å². The van der Waals surface area contributed by atoms with E-state index < -0.39 is 0 Å². The number of nitrogens with zero attached hydrogens (tertiary/aromatic N) is 3. The fourth-order valence-corrected chi connectivity index (χ4v) is 5.07. The Hall–Kier alpha value is -2.13. The molecule has 0 spiro atoms. The van der Waals surface area contributed by atoms with Crippen molar-refractivity contribution < 1.29 is 9.53 Å². The summed E-state index contributed by atoms with van der Waals surface area (Å²) in [5, 5.41) is 3.40. The Kier molecular flexibility index (Phi) is 4.81. The summed E-state index contributed by atoms with van der Waals surface area (Å²) in [6.07, 6.45) is 2.79. The van der Waals surface area contributed by atoms with Crippen LogP contribution >= 0.6 is 11.3 Å². The van der Waals surface area contributed by atoms with E-state index in [1.807, 2.05) is 6.92 Å². The maximum atomic E-state index is 13.2. The van der Waals surface area contributed by atoms with Gasteiger partial charge in [-0.15, -0.1) is 11.3 Å². The van der Waals surface area contributed by atoms with Crippen molar-refractivity contribution >= 4 is 27.6 Å². The molecular formula is C18H24N4O4S. The van der Waals surface area contributed by atoms with Crippen LogP contribution in [-0.2, 0) is 17.8 Å². The molecule has 1 saturated carbocycles.